The van der Waals surface area contributed by atoms with Gasteiger partial charge in [-0.15, -0.1) is 0 Å². The Morgan fingerprint density at radius 3 is 2.26 bits per heavy atom. The molecule has 3 aromatic rings. The summed E-state index contributed by atoms with van der Waals surface area (Å²) in [5.41, 5.74) is -1.29. The molecule has 2 N–H and O–H groups in total. The largest absolute Gasteiger partial charge is 0.477 e. The molecule has 1 aliphatic rings. The summed E-state index contributed by atoms with van der Waals surface area (Å²) >= 11 is 12.7. The molecule has 4 rings (SSSR count). The molecule has 0 fully saturated rings. The summed E-state index contributed by atoms with van der Waals surface area (Å²) in [5.74, 6) is -2.48. The number of fused-ring (bicyclic) bond motifs is 1. The summed E-state index contributed by atoms with van der Waals surface area (Å²) in [6, 6.07) is 12.2. The van der Waals surface area contributed by atoms with Crippen LogP contribution in [0.25, 0.3) is 0 Å². The Labute approximate surface area is 319 Å². The number of aryl methyl sites for hydroxylation is 2. The lowest BCUT2D eigenvalue weighted by atomic mass is 9.73. The minimum Gasteiger partial charge on any atom is -0.477 e. The monoisotopic (exact) mass is 791 g/mol. The molecule has 0 saturated carbocycles. The summed E-state index contributed by atoms with van der Waals surface area (Å²) in [5, 5.41) is 3.54. The Morgan fingerprint density at radius 2 is 1.64 bits per heavy atom. The number of benzene rings is 3. The summed E-state index contributed by atoms with van der Waals surface area (Å²) in [4.78, 5) is 55.9. The third-order valence-electron chi connectivity index (χ3n) is 9.35. The first-order valence-corrected chi connectivity index (χ1v) is 19.8. The molecule has 11 nitrogen and oxygen atoms in total. The van der Waals surface area contributed by atoms with Gasteiger partial charge in [0, 0.05) is 16.5 Å². The molecular formula is C38H44Cl2FN3O8S. The fraction of sp³-hybridized carbons (Fsp3) is 0.421. The number of nitrogens with one attached hydrogen (secondary N) is 2. The lowest BCUT2D eigenvalue weighted by Crippen LogP contribution is -2.52. The van der Waals surface area contributed by atoms with Crippen molar-refractivity contribution in [3.63, 3.8) is 0 Å². The molecule has 0 unspecified atom stereocenters. The van der Waals surface area contributed by atoms with Crippen molar-refractivity contribution in [1.82, 2.24) is 10.0 Å². The quantitative estimate of drug-likeness (QED) is 0.172. The first-order valence-electron chi connectivity index (χ1n) is 17.1. The lowest BCUT2D eigenvalue weighted by Gasteiger charge is -2.35. The van der Waals surface area contributed by atoms with Crippen LogP contribution in [0.4, 0.5) is 14.9 Å². The first kappa shape index (κ1) is 41.6. The molecule has 0 aromatic heterocycles. The van der Waals surface area contributed by atoms with Gasteiger partial charge in [-0.2, -0.15) is 0 Å². The van der Waals surface area contributed by atoms with E-state index < -0.39 is 56.7 Å². The van der Waals surface area contributed by atoms with Crippen LogP contribution >= 0.6 is 23.2 Å². The van der Waals surface area contributed by atoms with Gasteiger partial charge in [0.1, 0.15) is 11.6 Å². The molecule has 0 bridgehead atoms. The van der Waals surface area contributed by atoms with E-state index >= 15 is 0 Å². The van der Waals surface area contributed by atoms with Crippen LogP contribution in [0, 0.1) is 18.7 Å². The molecule has 0 radical (unpaired) electrons. The minimum absolute atomic E-state index is 0.0146. The van der Waals surface area contributed by atoms with Crippen LogP contribution in [0.1, 0.15) is 82.2 Å². The van der Waals surface area contributed by atoms with Gasteiger partial charge in [-0.1, -0.05) is 63.0 Å². The van der Waals surface area contributed by atoms with E-state index in [1.54, 1.807) is 52.0 Å². The van der Waals surface area contributed by atoms with E-state index in [4.69, 9.17) is 32.7 Å². The number of sulfonamides is 1. The van der Waals surface area contributed by atoms with Gasteiger partial charge in [-0.25, -0.2) is 27.2 Å². The summed E-state index contributed by atoms with van der Waals surface area (Å²) in [6.07, 6.45) is 0.0755. The van der Waals surface area contributed by atoms with Crippen molar-refractivity contribution in [2.45, 2.75) is 84.3 Å². The maximum Gasteiger partial charge on any atom is 0.421 e. The number of rotatable bonds is 14. The van der Waals surface area contributed by atoms with Gasteiger partial charge in [-0.05, 0) is 104 Å². The number of halogens is 3. The van der Waals surface area contributed by atoms with Crippen LogP contribution < -0.4 is 19.7 Å². The molecule has 0 spiro atoms. The average Bonchev–Trinajstić information content (AvgIpc) is 3.30. The number of anilines is 1. The van der Waals surface area contributed by atoms with Gasteiger partial charge in [0.15, 0.2) is 5.60 Å². The van der Waals surface area contributed by atoms with E-state index in [0.717, 1.165) is 11.2 Å². The highest BCUT2D eigenvalue weighted by Crippen LogP contribution is 2.50. The van der Waals surface area contributed by atoms with E-state index in [1.165, 1.54) is 30.3 Å². The zero-order chi connectivity index (χ0) is 39.5. The number of nitrogens with zero attached hydrogens (tertiary/aromatic N) is 1. The predicted octanol–water partition coefficient (Wildman–Crippen LogP) is 7.34. The second-order valence-corrected chi connectivity index (χ2v) is 16.4. The van der Waals surface area contributed by atoms with Crippen LogP contribution in [-0.2, 0) is 41.0 Å². The normalized spacial score (nSPS) is 16.3. The molecule has 4 amide bonds. The van der Waals surface area contributed by atoms with Crippen molar-refractivity contribution in [2.24, 2.45) is 5.92 Å². The molecule has 15 heteroatoms. The van der Waals surface area contributed by atoms with E-state index in [9.17, 15) is 32.0 Å². The summed E-state index contributed by atoms with van der Waals surface area (Å²) < 4.78 is 52.4. The molecule has 0 aliphatic carbocycles. The smallest absolute Gasteiger partial charge is 0.421 e. The molecule has 0 saturated heterocycles. The number of ether oxygens (including phenoxy) is 2. The number of hydrogen-bond donors (Lipinski definition) is 2. The topological polar surface area (TPSA) is 148 Å². The Bertz CT molecular complexity index is 2020. The van der Waals surface area contributed by atoms with E-state index in [2.05, 4.69) is 5.32 Å². The van der Waals surface area contributed by atoms with Crippen molar-refractivity contribution >= 4 is 62.7 Å². The van der Waals surface area contributed by atoms with Crippen molar-refractivity contribution in [3.8, 4) is 5.75 Å². The van der Waals surface area contributed by atoms with Crippen molar-refractivity contribution < 1.29 is 41.5 Å². The Kier molecular flexibility index (Phi) is 12.9. The van der Waals surface area contributed by atoms with Gasteiger partial charge >= 0.3 is 6.09 Å². The van der Waals surface area contributed by atoms with Gasteiger partial charge in [0.05, 0.1) is 30.0 Å². The van der Waals surface area contributed by atoms with Gasteiger partial charge in [0.2, 0.25) is 21.8 Å². The number of carbonyl (C=O) groups is 4. The maximum atomic E-state index is 14.9. The second kappa shape index (κ2) is 16.4. The number of imide groups is 1. The van der Waals surface area contributed by atoms with E-state index in [0.29, 0.717) is 27.3 Å². The second-order valence-electron chi connectivity index (χ2n) is 13.7. The minimum atomic E-state index is -3.89. The molecule has 1 aliphatic heterocycles. The lowest BCUT2D eigenvalue weighted by molar-refractivity contribution is -0.135. The van der Waals surface area contributed by atoms with Crippen LogP contribution in [-0.4, -0.2) is 50.7 Å². The van der Waals surface area contributed by atoms with Crippen molar-refractivity contribution in [3.05, 3.63) is 92.7 Å². The Hall–Kier alpha value is -4.20. The van der Waals surface area contributed by atoms with Gasteiger partial charge in [-0.3, -0.25) is 14.4 Å². The molecule has 3 aromatic carbocycles. The van der Waals surface area contributed by atoms with Crippen molar-refractivity contribution in [1.29, 1.82) is 0 Å². The highest BCUT2D eigenvalue weighted by molar-refractivity contribution is 7.89. The Balaban J connectivity index is 1.72. The summed E-state index contributed by atoms with van der Waals surface area (Å²) in [6.45, 7) is 10.4. The Morgan fingerprint density at radius 1 is 1.00 bits per heavy atom. The molecule has 286 valence electrons. The van der Waals surface area contributed by atoms with Gasteiger partial charge < -0.3 is 14.8 Å². The average molecular weight is 793 g/mol. The van der Waals surface area contributed by atoms with Gasteiger partial charge in [0.25, 0.3) is 5.91 Å². The van der Waals surface area contributed by atoms with Crippen molar-refractivity contribution in [2.75, 3.05) is 17.8 Å². The fourth-order valence-electron chi connectivity index (χ4n) is 6.36. The summed E-state index contributed by atoms with van der Waals surface area (Å²) in [7, 11) is -3.89. The molecule has 53 heavy (non-hydrogen) atoms. The predicted molar refractivity (Wildman–Crippen MR) is 201 cm³/mol. The fourth-order valence-corrected chi connectivity index (χ4v) is 7.25. The maximum absolute atomic E-state index is 14.9. The molecule has 1 heterocycles. The van der Waals surface area contributed by atoms with Crippen LogP contribution in [0.2, 0.25) is 10.0 Å². The highest BCUT2D eigenvalue weighted by Gasteiger charge is 2.56. The molecular weight excluding hydrogens is 748 g/mol. The highest BCUT2D eigenvalue weighted by atomic mass is 35.5. The number of hydrogen-bond acceptors (Lipinski definition) is 8. The van der Waals surface area contributed by atoms with Crippen LogP contribution in [0.5, 0.6) is 5.75 Å². The third-order valence-corrected chi connectivity index (χ3v) is 10.4. The standard InChI is InChI=1S/C38H44Cl2FN3O8S/c1-8-38(9-2,34(46)43-53(7,49)50)52-31-16-13-25(39)18-24(31)11-17-32(45)42-33(28-20-27(41)14-10-23(28)5)37(6)29-15-12-26(40)19-30(29)44(35(37)47)36(48)51-21-22(3)4/h10,12-16,18-20,22,33H,8-9,11,17,21H2,1-7H3,(H,42,45)(H,43,46)/t33-,37-/m0/s1. The number of carbonyl (C=O) groups excluding carboxylic acids is 4. The number of amides is 4. The van der Waals surface area contributed by atoms with E-state index in [1.807, 2.05) is 18.6 Å². The van der Waals surface area contributed by atoms with Crippen LogP contribution in [0.15, 0.2) is 54.6 Å². The van der Waals surface area contributed by atoms with Crippen LogP contribution in [0.3, 0.4) is 0 Å². The third kappa shape index (κ3) is 9.13. The zero-order valence-electron chi connectivity index (χ0n) is 30.6. The first-order chi connectivity index (χ1) is 24.8. The van der Waals surface area contributed by atoms with E-state index in [-0.39, 0.29) is 54.7 Å². The SMILES string of the molecule is CCC(CC)(Oc1ccc(Cl)cc1CCC(=O)N[C@@H](c1cc(F)ccc1C)[C@@]1(C)C(=O)N(C(=O)OCC(C)C)c2cc(Cl)ccc21)C(=O)NS(C)(=O)=O. The zero-order valence-corrected chi connectivity index (χ0v) is 33.0. The molecule has 2 atom stereocenters.